The maximum Gasteiger partial charge on any atom is 0.263 e. The number of aromatic amines is 1. The van der Waals surface area contributed by atoms with E-state index in [0.717, 1.165) is 35.0 Å². The Morgan fingerprint density at radius 1 is 1.38 bits per heavy atom. The number of hydrogen-bond donors (Lipinski definition) is 1. The number of aryl methyl sites for hydroxylation is 2. The fourth-order valence-corrected chi connectivity index (χ4v) is 5.07. The van der Waals surface area contributed by atoms with Crippen LogP contribution in [0.15, 0.2) is 4.79 Å². The van der Waals surface area contributed by atoms with Crippen molar-refractivity contribution in [3.63, 3.8) is 0 Å². The highest BCUT2D eigenvalue weighted by Crippen LogP contribution is 2.34. The molecule has 0 aliphatic heterocycles. The fraction of sp³-hybridized carbons (Fsp3) is 0.538. The molecule has 0 aromatic carbocycles. The quantitative estimate of drug-likeness (QED) is 0.862. The Balaban J connectivity index is 2.03. The summed E-state index contributed by atoms with van der Waals surface area (Å²) in [5, 5.41) is 0.750. The molecule has 0 fully saturated rings. The van der Waals surface area contributed by atoms with E-state index >= 15 is 0 Å². The molecule has 21 heavy (non-hydrogen) atoms. The lowest BCUT2D eigenvalue weighted by Crippen LogP contribution is -2.23. The van der Waals surface area contributed by atoms with Crippen molar-refractivity contribution in [1.29, 1.82) is 0 Å². The zero-order valence-electron chi connectivity index (χ0n) is 11.6. The molecule has 0 atom stereocenters. The van der Waals surface area contributed by atoms with Crippen LogP contribution in [-0.2, 0) is 29.2 Å². The number of hydrogen-bond acceptors (Lipinski definition) is 5. The topological polar surface area (TPSA) is 71.9 Å². The summed E-state index contributed by atoms with van der Waals surface area (Å²) in [6.45, 7) is 0.335. The van der Waals surface area contributed by atoms with Gasteiger partial charge in [-0.15, -0.1) is 11.3 Å². The fourth-order valence-electron chi connectivity index (χ4n) is 2.80. The van der Waals surface area contributed by atoms with Crippen molar-refractivity contribution in [2.45, 2.75) is 32.2 Å². The van der Waals surface area contributed by atoms with Gasteiger partial charge in [0.25, 0.3) is 5.56 Å². The standard InChI is InChI=1S/C13H16N2O3S3/c1-21(17,18)7-3-6-15-12(16)10-8-4-2-5-9(8)20-11(10)14-13(15)19/h2-7H2,1H3,(H,14,19). The molecule has 0 bridgehead atoms. The van der Waals surface area contributed by atoms with Gasteiger partial charge in [0.15, 0.2) is 4.77 Å². The minimum atomic E-state index is -3.02. The van der Waals surface area contributed by atoms with Gasteiger partial charge < -0.3 is 4.98 Å². The number of rotatable bonds is 4. The van der Waals surface area contributed by atoms with Crippen molar-refractivity contribution in [2.24, 2.45) is 0 Å². The van der Waals surface area contributed by atoms with E-state index in [2.05, 4.69) is 4.98 Å². The molecule has 0 radical (unpaired) electrons. The SMILES string of the molecule is CS(=O)(=O)CCCn1c(=S)[nH]c2sc3c(c2c1=O)CCC3. The Morgan fingerprint density at radius 3 is 2.86 bits per heavy atom. The molecule has 2 aromatic heterocycles. The zero-order valence-corrected chi connectivity index (χ0v) is 14.1. The number of fused-ring (bicyclic) bond motifs is 3. The Bertz CT molecular complexity index is 919. The highest BCUT2D eigenvalue weighted by molar-refractivity contribution is 7.90. The third-order valence-electron chi connectivity index (χ3n) is 3.74. The van der Waals surface area contributed by atoms with Crippen molar-refractivity contribution in [1.82, 2.24) is 9.55 Å². The van der Waals surface area contributed by atoms with Crippen LogP contribution in [0.1, 0.15) is 23.3 Å². The third kappa shape index (κ3) is 2.84. The van der Waals surface area contributed by atoms with Crippen LogP contribution in [0.3, 0.4) is 0 Å². The highest BCUT2D eigenvalue weighted by atomic mass is 32.2. The summed E-state index contributed by atoms with van der Waals surface area (Å²) in [6.07, 6.45) is 4.67. The van der Waals surface area contributed by atoms with Crippen molar-refractivity contribution >= 4 is 43.6 Å². The van der Waals surface area contributed by atoms with E-state index in [1.165, 1.54) is 15.7 Å². The average molecular weight is 344 g/mol. The van der Waals surface area contributed by atoms with E-state index in [1.807, 2.05) is 0 Å². The summed E-state index contributed by atoms with van der Waals surface area (Å²) >= 11 is 6.87. The van der Waals surface area contributed by atoms with Gasteiger partial charge in [-0.1, -0.05) is 0 Å². The van der Waals surface area contributed by atoms with Crippen LogP contribution in [-0.4, -0.2) is 30.0 Å². The molecule has 3 rings (SSSR count). The van der Waals surface area contributed by atoms with Crippen molar-refractivity contribution in [3.05, 3.63) is 25.6 Å². The summed E-state index contributed by atoms with van der Waals surface area (Å²) in [7, 11) is -3.02. The smallest absolute Gasteiger partial charge is 0.263 e. The van der Waals surface area contributed by atoms with E-state index in [1.54, 1.807) is 11.3 Å². The Labute approximate surface area is 131 Å². The molecule has 2 heterocycles. The first-order valence-corrected chi connectivity index (χ1v) is 10.1. The van der Waals surface area contributed by atoms with Crippen LogP contribution in [0.4, 0.5) is 0 Å². The first kappa shape index (κ1) is 14.9. The van der Waals surface area contributed by atoms with Crippen LogP contribution in [0, 0.1) is 4.77 Å². The van der Waals surface area contributed by atoms with Gasteiger partial charge >= 0.3 is 0 Å². The molecule has 0 saturated heterocycles. The number of nitrogens with one attached hydrogen (secondary N) is 1. The predicted molar refractivity (Wildman–Crippen MR) is 87.6 cm³/mol. The third-order valence-corrected chi connectivity index (χ3v) is 6.30. The molecule has 5 nitrogen and oxygen atoms in total. The minimum absolute atomic E-state index is 0.0635. The van der Waals surface area contributed by atoms with Gasteiger partial charge in [0.05, 0.1) is 11.1 Å². The summed E-state index contributed by atoms with van der Waals surface area (Å²) in [5.41, 5.74) is 1.07. The normalized spacial score (nSPS) is 14.7. The van der Waals surface area contributed by atoms with Gasteiger partial charge in [0.1, 0.15) is 14.7 Å². The van der Waals surface area contributed by atoms with Crippen LogP contribution < -0.4 is 5.56 Å². The Kier molecular flexibility index (Phi) is 3.79. The summed E-state index contributed by atoms with van der Waals surface area (Å²) < 4.78 is 24.3. The molecule has 0 saturated carbocycles. The lowest BCUT2D eigenvalue weighted by Gasteiger charge is -2.06. The van der Waals surface area contributed by atoms with Gasteiger partial charge in [-0.05, 0) is 43.5 Å². The molecule has 1 aliphatic carbocycles. The average Bonchev–Trinajstić information content (AvgIpc) is 2.91. The second kappa shape index (κ2) is 5.33. The van der Waals surface area contributed by atoms with Crippen LogP contribution >= 0.6 is 23.6 Å². The van der Waals surface area contributed by atoms with Crippen LogP contribution in [0.2, 0.25) is 0 Å². The van der Waals surface area contributed by atoms with Gasteiger partial charge in [0, 0.05) is 17.7 Å². The van der Waals surface area contributed by atoms with Crippen molar-refractivity contribution in [2.75, 3.05) is 12.0 Å². The maximum absolute atomic E-state index is 12.7. The number of nitrogens with zero attached hydrogens (tertiary/aromatic N) is 1. The van der Waals surface area contributed by atoms with E-state index in [-0.39, 0.29) is 11.3 Å². The summed E-state index contributed by atoms with van der Waals surface area (Å²) in [6, 6.07) is 0. The molecule has 0 amide bonds. The lowest BCUT2D eigenvalue weighted by molar-refractivity contribution is 0.587. The molecule has 114 valence electrons. The lowest BCUT2D eigenvalue weighted by atomic mass is 10.2. The van der Waals surface area contributed by atoms with Crippen molar-refractivity contribution in [3.8, 4) is 0 Å². The first-order chi connectivity index (χ1) is 9.87. The molecule has 0 unspecified atom stereocenters. The Hall–Kier alpha value is -0.990. The molecule has 1 N–H and O–H groups in total. The van der Waals surface area contributed by atoms with Gasteiger partial charge in [-0.2, -0.15) is 0 Å². The maximum atomic E-state index is 12.7. The van der Waals surface area contributed by atoms with Crippen LogP contribution in [0.5, 0.6) is 0 Å². The van der Waals surface area contributed by atoms with Crippen LogP contribution in [0.25, 0.3) is 10.2 Å². The van der Waals surface area contributed by atoms with E-state index in [4.69, 9.17) is 12.2 Å². The molecule has 8 heteroatoms. The molecule has 1 aliphatic rings. The molecular formula is C13H16N2O3S3. The summed E-state index contributed by atoms with van der Waals surface area (Å²) in [4.78, 5) is 17.9. The number of H-pyrrole nitrogens is 1. The van der Waals surface area contributed by atoms with E-state index < -0.39 is 9.84 Å². The van der Waals surface area contributed by atoms with Gasteiger partial charge in [0.2, 0.25) is 0 Å². The first-order valence-electron chi connectivity index (χ1n) is 6.82. The van der Waals surface area contributed by atoms with E-state index in [0.29, 0.717) is 17.7 Å². The number of thiophene rings is 1. The largest absolute Gasteiger partial charge is 0.323 e. The number of aromatic nitrogens is 2. The molecule has 2 aromatic rings. The summed E-state index contributed by atoms with van der Waals surface area (Å²) in [5.74, 6) is 0.0635. The van der Waals surface area contributed by atoms with Gasteiger partial charge in [-0.3, -0.25) is 9.36 Å². The highest BCUT2D eigenvalue weighted by Gasteiger charge is 2.21. The molecular weight excluding hydrogens is 328 g/mol. The van der Waals surface area contributed by atoms with Crippen molar-refractivity contribution < 1.29 is 8.42 Å². The monoisotopic (exact) mass is 344 g/mol. The van der Waals surface area contributed by atoms with Gasteiger partial charge in [-0.25, -0.2) is 8.42 Å². The Morgan fingerprint density at radius 2 is 2.14 bits per heavy atom. The molecule has 0 spiro atoms. The predicted octanol–water partition coefficient (Wildman–Crippen LogP) is 2.04. The number of sulfone groups is 1. The van der Waals surface area contributed by atoms with E-state index in [9.17, 15) is 13.2 Å². The second-order valence-electron chi connectivity index (χ2n) is 5.43. The second-order valence-corrected chi connectivity index (χ2v) is 9.18. The zero-order chi connectivity index (χ0) is 15.2. The minimum Gasteiger partial charge on any atom is -0.323 e.